The van der Waals surface area contributed by atoms with Crippen LogP contribution >= 0.6 is 11.8 Å². The van der Waals surface area contributed by atoms with Crippen LogP contribution in [0.15, 0.2) is 30.3 Å². The Morgan fingerprint density at radius 3 is 2.78 bits per heavy atom. The van der Waals surface area contributed by atoms with Crippen molar-refractivity contribution in [2.45, 2.75) is 25.9 Å². The van der Waals surface area contributed by atoms with Gasteiger partial charge in [0.2, 0.25) is 5.91 Å². The van der Waals surface area contributed by atoms with Gasteiger partial charge in [-0.25, -0.2) is 0 Å². The molecule has 0 aliphatic carbocycles. The van der Waals surface area contributed by atoms with Gasteiger partial charge in [-0.2, -0.15) is 11.8 Å². The van der Waals surface area contributed by atoms with E-state index < -0.39 is 6.10 Å². The van der Waals surface area contributed by atoms with E-state index >= 15 is 0 Å². The zero-order valence-electron chi connectivity index (χ0n) is 10.8. The number of carbonyl (C=O) groups excluding carboxylic acids is 1. The molecule has 2 N–H and O–H groups in total. The van der Waals surface area contributed by atoms with Gasteiger partial charge in [-0.15, -0.1) is 0 Å². The fourth-order valence-corrected chi connectivity index (χ4v) is 2.21. The van der Waals surface area contributed by atoms with Crippen LogP contribution in [-0.4, -0.2) is 29.1 Å². The van der Waals surface area contributed by atoms with Crippen molar-refractivity contribution in [1.82, 2.24) is 5.32 Å². The number of rotatable bonds is 8. The molecule has 0 spiro atoms. The molecular formula is C14H21NO2S. The van der Waals surface area contributed by atoms with Crippen LogP contribution in [0, 0.1) is 0 Å². The maximum absolute atomic E-state index is 11.4. The minimum Gasteiger partial charge on any atom is -0.388 e. The summed E-state index contributed by atoms with van der Waals surface area (Å²) in [5.74, 6) is 1.97. The normalized spacial score (nSPS) is 12.1. The van der Waals surface area contributed by atoms with Gasteiger partial charge >= 0.3 is 0 Å². The van der Waals surface area contributed by atoms with Crippen molar-refractivity contribution in [3.63, 3.8) is 0 Å². The predicted octanol–water partition coefficient (Wildman–Crippen LogP) is 2.37. The van der Waals surface area contributed by atoms with Crippen LogP contribution in [0.25, 0.3) is 0 Å². The number of nitrogens with one attached hydrogen (secondary N) is 1. The van der Waals surface area contributed by atoms with Gasteiger partial charge in [0.15, 0.2) is 0 Å². The highest BCUT2D eigenvalue weighted by Crippen LogP contribution is 2.14. The number of hydrogen-bond donors (Lipinski definition) is 2. The fraction of sp³-hybridized carbons (Fsp3) is 0.500. The van der Waals surface area contributed by atoms with Gasteiger partial charge < -0.3 is 10.4 Å². The smallest absolute Gasteiger partial charge is 0.220 e. The molecule has 1 unspecified atom stereocenters. The van der Waals surface area contributed by atoms with Gasteiger partial charge in [0.25, 0.3) is 0 Å². The van der Waals surface area contributed by atoms with E-state index in [1.807, 2.05) is 30.3 Å². The molecule has 1 aromatic rings. The van der Waals surface area contributed by atoms with Gasteiger partial charge in [0.05, 0.1) is 6.10 Å². The molecular weight excluding hydrogens is 246 g/mol. The molecule has 0 radical (unpaired) electrons. The van der Waals surface area contributed by atoms with Crippen molar-refractivity contribution in [2.24, 2.45) is 0 Å². The van der Waals surface area contributed by atoms with Crippen molar-refractivity contribution in [2.75, 3.05) is 18.1 Å². The summed E-state index contributed by atoms with van der Waals surface area (Å²) in [6, 6.07) is 9.51. The number of aliphatic hydroxyl groups excluding tert-OH is 1. The Morgan fingerprint density at radius 1 is 1.39 bits per heavy atom. The minimum atomic E-state index is -0.503. The second kappa shape index (κ2) is 9.00. The van der Waals surface area contributed by atoms with Crippen LogP contribution < -0.4 is 5.32 Å². The number of thioether (sulfide) groups is 1. The average Bonchev–Trinajstić information content (AvgIpc) is 2.40. The molecule has 1 rings (SSSR count). The van der Waals surface area contributed by atoms with Gasteiger partial charge in [0.1, 0.15) is 0 Å². The van der Waals surface area contributed by atoms with Crippen molar-refractivity contribution in [1.29, 1.82) is 0 Å². The summed E-state index contributed by atoms with van der Waals surface area (Å²) in [5, 5.41) is 12.7. The topological polar surface area (TPSA) is 49.3 Å². The quantitative estimate of drug-likeness (QED) is 0.711. The molecule has 0 saturated carbocycles. The maximum Gasteiger partial charge on any atom is 0.220 e. The SMILES string of the molecule is CCSCCC(=O)NCCC(O)c1ccccc1. The highest BCUT2D eigenvalue weighted by atomic mass is 32.2. The summed E-state index contributed by atoms with van der Waals surface area (Å²) < 4.78 is 0. The van der Waals surface area contributed by atoms with Crippen LogP contribution in [0.4, 0.5) is 0 Å². The average molecular weight is 267 g/mol. The molecule has 0 aliphatic heterocycles. The van der Waals surface area contributed by atoms with E-state index in [9.17, 15) is 9.90 Å². The molecule has 0 saturated heterocycles. The summed E-state index contributed by atoms with van der Waals surface area (Å²) in [7, 11) is 0. The molecule has 18 heavy (non-hydrogen) atoms. The van der Waals surface area contributed by atoms with Gasteiger partial charge in [-0.3, -0.25) is 4.79 Å². The molecule has 1 atom stereocenters. The van der Waals surface area contributed by atoms with Crippen LogP contribution in [0.1, 0.15) is 31.4 Å². The first-order valence-electron chi connectivity index (χ1n) is 6.31. The number of hydrogen-bond acceptors (Lipinski definition) is 3. The van der Waals surface area contributed by atoms with Gasteiger partial charge in [-0.05, 0) is 17.7 Å². The van der Waals surface area contributed by atoms with E-state index in [0.717, 1.165) is 17.1 Å². The highest BCUT2D eigenvalue weighted by molar-refractivity contribution is 7.99. The van der Waals surface area contributed by atoms with Crippen LogP contribution in [-0.2, 0) is 4.79 Å². The molecule has 0 aromatic heterocycles. The molecule has 3 nitrogen and oxygen atoms in total. The lowest BCUT2D eigenvalue weighted by Crippen LogP contribution is -2.25. The number of benzene rings is 1. The van der Waals surface area contributed by atoms with Crippen LogP contribution in [0.2, 0.25) is 0 Å². The lowest BCUT2D eigenvalue weighted by Gasteiger charge is -2.11. The largest absolute Gasteiger partial charge is 0.388 e. The summed E-state index contributed by atoms with van der Waals surface area (Å²) >= 11 is 1.76. The van der Waals surface area contributed by atoms with E-state index in [1.54, 1.807) is 11.8 Å². The minimum absolute atomic E-state index is 0.0659. The summed E-state index contributed by atoms with van der Waals surface area (Å²) in [6.45, 7) is 2.60. The molecule has 100 valence electrons. The summed E-state index contributed by atoms with van der Waals surface area (Å²) in [6.07, 6.45) is 0.605. The molecule has 1 amide bonds. The molecule has 0 fully saturated rings. The van der Waals surface area contributed by atoms with Crippen molar-refractivity contribution in [3.8, 4) is 0 Å². The maximum atomic E-state index is 11.4. The van der Waals surface area contributed by atoms with E-state index in [-0.39, 0.29) is 5.91 Å². The third-order valence-corrected chi connectivity index (χ3v) is 3.50. The van der Waals surface area contributed by atoms with Crippen LogP contribution in [0.3, 0.4) is 0 Å². The lowest BCUT2D eigenvalue weighted by molar-refractivity contribution is -0.120. The standard InChI is InChI=1S/C14H21NO2S/c1-2-18-11-9-14(17)15-10-8-13(16)12-6-4-3-5-7-12/h3-7,13,16H,2,8-11H2,1H3,(H,15,17). The van der Waals surface area contributed by atoms with E-state index in [2.05, 4.69) is 12.2 Å². The lowest BCUT2D eigenvalue weighted by atomic mass is 10.1. The van der Waals surface area contributed by atoms with Crippen molar-refractivity contribution >= 4 is 17.7 Å². The fourth-order valence-electron chi connectivity index (χ4n) is 1.59. The molecule has 0 heterocycles. The summed E-state index contributed by atoms with van der Waals surface area (Å²) in [5.41, 5.74) is 0.897. The van der Waals surface area contributed by atoms with Gasteiger partial charge in [0, 0.05) is 18.7 Å². The van der Waals surface area contributed by atoms with Crippen molar-refractivity contribution < 1.29 is 9.90 Å². The first kappa shape index (κ1) is 15.1. The number of aliphatic hydroxyl groups is 1. The molecule has 1 aromatic carbocycles. The number of carbonyl (C=O) groups is 1. The van der Waals surface area contributed by atoms with Crippen LogP contribution in [0.5, 0.6) is 0 Å². The Bertz CT molecular complexity index is 343. The van der Waals surface area contributed by atoms with E-state index in [1.165, 1.54) is 0 Å². The third kappa shape index (κ3) is 6.07. The first-order valence-corrected chi connectivity index (χ1v) is 7.47. The Labute approximate surface area is 113 Å². The molecule has 0 aliphatic rings. The Morgan fingerprint density at radius 2 is 2.11 bits per heavy atom. The first-order chi connectivity index (χ1) is 8.74. The highest BCUT2D eigenvalue weighted by Gasteiger charge is 2.07. The predicted molar refractivity (Wildman–Crippen MR) is 76.6 cm³/mol. The Hall–Kier alpha value is -1.00. The van der Waals surface area contributed by atoms with Gasteiger partial charge in [-0.1, -0.05) is 37.3 Å². The molecule has 0 bridgehead atoms. The molecule has 4 heteroatoms. The Balaban J connectivity index is 2.16. The number of amides is 1. The summed E-state index contributed by atoms with van der Waals surface area (Å²) in [4.78, 5) is 11.4. The second-order valence-electron chi connectivity index (χ2n) is 4.01. The van der Waals surface area contributed by atoms with E-state index in [4.69, 9.17) is 0 Å². The second-order valence-corrected chi connectivity index (χ2v) is 5.41. The third-order valence-electron chi connectivity index (χ3n) is 2.60. The van der Waals surface area contributed by atoms with E-state index in [0.29, 0.717) is 19.4 Å². The van der Waals surface area contributed by atoms with Crippen molar-refractivity contribution in [3.05, 3.63) is 35.9 Å². The zero-order valence-corrected chi connectivity index (χ0v) is 11.6. The Kier molecular flexibility index (Phi) is 7.53. The monoisotopic (exact) mass is 267 g/mol. The zero-order chi connectivity index (χ0) is 13.2.